The van der Waals surface area contributed by atoms with Crippen LogP contribution in [0.15, 0.2) is 24.4 Å². The summed E-state index contributed by atoms with van der Waals surface area (Å²) in [6.07, 6.45) is 2.65. The molecule has 1 aromatic carbocycles. The van der Waals surface area contributed by atoms with Crippen molar-refractivity contribution in [1.82, 2.24) is 24.9 Å². The number of amides is 1. The average Bonchev–Trinajstić information content (AvgIpc) is 3.26. The summed E-state index contributed by atoms with van der Waals surface area (Å²) in [4.78, 5) is 18.6. The van der Waals surface area contributed by atoms with Crippen molar-refractivity contribution in [3.05, 3.63) is 46.9 Å². The zero-order valence-corrected chi connectivity index (χ0v) is 14.9. The van der Waals surface area contributed by atoms with E-state index in [9.17, 15) is 4.79 Å². The molecule has 7 nitrogen and oxygen atoms in total. The van der Waals surface area contributed by atoms with E-state index >= 15 is 0 Å². The van der Waals surface area contributed by atoms with Gasteiger partial charge in [0.2, 0.25) is 0 Å². The van der Waals surface area contributed by atoms with Crippen LogP contribution in [-0.4, -0.2) is 50.0 Å². The van der Waals surface area contributed by atoms with Crippen LogP contribution in [0.4, 0.5) is 0 Å². The van der Waals surface area contributed by atoms with Crippen molar-refractivity contribution in [3.63, 3.8) is 0 Å². The molecule has 26 heavy (non-hydrogen) atoms. The van der Waals surface area contributed by atoms with Crippen LogP contribution in [0.1, 0.15) is 39.8 Å². The van der Waals surface area contributed by atoms with Crippen LogP contribution >= 0.6 is 0 Å². The quantitative estimate of drug-likeness (QED) is 0.730. The summed E-state index contributed by atoms with van der Waals surface area (Å²) in [6.45, 7) is 5.96. The van der Waals surface area contributed by atoms with E-state index in [4.69, 9.17) is 4.74 Å². The van der Waals surface area contributed by atoms with E-state index in [0.29, 0.717) is 19.7 Å². The standard InChI is InChI=1S/C19H21N5O2/c1-11-12(2)21-18-14(11)4-3-5-15(18)19(25)23-7-6-17-16(9-23)24-13(10-26-17)8-20-22-24/h3-5,8,16-17,21H,6-7,9-10H2,1-2H3/t16-,17+/m0/s1. The first kappa shape index (κ1) is 15.6. The molecule has 1 fully saturated rings. The van der Waals surface area contributed by atoms with Gasteiger partial charge in [-0.2, -0.15) is 0 Å². The molecule has 2 aliphatic heterocycles. The Balaban J connectivity index is 1.48. The Labute approximate surface area is 150 Å². The molecule has 2 aliphatic rings. The molecule has 2 aromatic heterocycles. The van der Waals surface area contributed by atoms with Crippen LogP contribution in [0.2, 0.25) is 0 Å². The van der Waals surface area contributed by atoms with E-state index < -0.39 is 0 Å². The second-order valence-electron chi connectivity index (χ2n) is 7.23. The third kappa shape index (κ3) is 2.20. The number of benzene rings is 1. The minimum atomic E-state index is 0.0327. The minimum Gasteiger partial charge on any atom is -0.370 e. The highest BCUT2D eigenvalue weighted by Crippen LogP contribution is 2.32. The SMILES string of the molecule is Cc1[nH]c2c(C(=O)N3CC[C@H]4OCc5cnnn5[C@H]4C3)cccc2c1C. The van der Waals surface area contributed by atoms with Crippen LogP contribution in [0.3, 0.4) is 0 Å². The number of fused-ring (bicyclic) bond motifs is 4. The molecule has 1 saturated heterocycles. The molecule has 3 aromatic rings. The number of rotatable bonds is 1. The number of carbonyl (C=O) groups excluding carboxylic acids is 1. The fourth-order valence-corrected chi connectivity index (χ4v) is 4.19. The van der Waals surface area contributed by atoms with Gasteiger partial charge in [-0.1, -0.05) is 17.3 Å². The molecule has 1 amide bonds. The first-order valence-corrected chi connectivity index (χ1v) is 9.01. The molecule has 0 bridgehead atoms. The third-order valence-corrected chi connectivity index (χ3v) is 5.79. The van der Waals surface area contributed by atoms with Crippen LogP contribution in [0, 0.1) is 13.8 Å². The molecular weight excluding hydrogens is 330 g/mol. The van der Waals surface area contributed by atoms with Crippen molar-refractivity contribution in [3.8, 4) is 0 Å². The van der Waals surface area contributed by atoms with Crippen LogP contribution < -0.4 is 0 Å². The zero-order chi connectivity index (χ0) is 17.8. The number of likely N-dealkylation sites (tertiary alicyclic amines) is 1. The second-order valence-corrected chi connectivity index (χ2v) is 7.23. The zero-order valence-electron chi connectivity index (χ0n) is 14.9. The van der Waals surface area contributed by atoms with Crippen molar-refractivity contribution in [2.45, 2.75) is 39.0 Å². The van der Waals surface area contributed by atoms with Gasteiger partial charge in [0.05, 0.1) is 41.7 Å². The molecule has 0 aliphatic carbocycles. The number of H-pyrrole nitrogens is 1. The van der Waals surface area contributed by atoms with Gasteiger partial charge < -0.3 is 14.6 Å². The van der Waals surface area contributed by atoms with Crippen molar-refractivity contribution in [2.75, 3.05) is 13.1 Å². The topological polar surface area (TPSA) is 76.0 Å². The number of aryl methyl sites for hydroxylation is 2. The van der Waals surface area contributed by atoms with Crippen molar-refractivity contribution >= 4 is 16.8 Å². The van der Waals surface area contributed by atoms with Gasteiger partial charge in [-0.25, -0.2) is 4.68 Å². The van der Waals surface area contributed by atoms with E-state index in [0.717, 1.165) is 34.3 Å². The molecule has 4 heterocycles. The lowest BCUT2D eigenvalue weighted by Crippen LogP contribution is -2.49. The maximum Gasteiger partial charge on any atom is 0.256 e. The van der Waals surface area contributed by atoms with E-state index in [1.807, 2.05) is 28.6 Å². The maximum absolute atomic E-state index is 13.3. The van der Waals surface area contributed by atoms with Crippen molar-refractivity contribution in [2.24, 2.45) is 0 Å². The molecule has 134 valence electrons. The molecule has 0 unspecified atom stereocenters. The first-order valence-electron chi connectivity index (χ1n) is 9.01. The Hall–Kier alpha value is -2.67. The molecule has 2 atom stereocenters. The smallest absolute Gasteiger partial charge is 0.256 e. The van der Waals surface area contributed by atoms with E-state index in [-0.39, 0.29) is 18.1 Å². The van der Waals surface area contributed by atoms with Gasteiger partial charge in [0.1, 0.15) is 0 Å². The fraction of sp³-hybridized carbons (Fsp3) is 0.421. The van der Waals surface area contributed by atoms with Gasteiger partial charge in [0.25, 0.3) is 5.91 Å². The van der Waals surface area contributed by atoms with E-state index in [1.165, 1.54) is 5.56 Å². The number of aromatic nitrogens is 4. The molecule has 7 heteroatoms. The number of ether oxygens (including phenoxy) is 1. The highest BCUT2D eigenvalue weighted by molar-refractivity contribution is 6.06. The number of carbonyl (C=O) groups is 1. The Morgan fingerprint density at radius 2 is 2.23 bits per heavy atom. The summed E-state index contributed by atoms with van der Waals surface area (Å²) in [6, 6.07) is 5.96. The highest BCUT2D eigenvalue weighted by Gasteiger charge is 2.38. The summed E-state index contributed by atoms with van der Waals surface area (Å²) in [7, 11) is 0. The summed E-state index contributed by atoms with van der Waals surface area (Å²) >= 11 is 0. The second kappa shape index (κ2) is 5.67. The first-order chi connectivity index (χ1) is 12.6. The van der Waals surface area contributed by atoms with Crippen LogP contribution in [0.5, 0.6) is 0 Å². The predicted molar refractivity (Wildman–Crippen MR) is 95.9 cm³/mol. The van der Waals surface area contributed by atoms with E-state index in [2.05, 4.69) is 28.3 Å². The van der Waals surface area contributed by atoms with Gasteiger partial charge >= 0.3 is 0 Å². The molecule has 0 radical (unpaired) electrons. The molecule has 1 N–H and O–H groups in total. The Kier molecular flexibility index (Phi) is 3.40. The average molecular weight is 351 g/mol. The lowest BCUT2D eigenvalue weighted by atomic mass is 9.99. The van der Waals surface area contributed by atoms with Gasteiger partial charge in [0, 0.05) is 24.2 Å². The Morgan fingerprint density at radius 3 is 3.12 bits per heavy atom. The number of hydrogen-bond donors (Lipinski definition) is 1. The van der Waals surface area contributed by atoms with Gasteiger partial charge in [-0.05, 0) is 31.9 Å². The highest BCUT2D eigenvalue weighted by atomic mass is 16.5. The van der Waals surface area contributed by atoms with E-state index in [1.54, 1.807) is 6.20 Å². The molecule has 5 rings (SSSR count). The lowest BCUT2D eigenvalue weighted by Gasteiger charge is -2.41. The summed E-state index contributed by atoms with van der Waals surface area (Å²) in [5.74, 6) is 0.0579. The van der Waals surface area contributed by atoms with Crippen LogP contribution in [0.25, 0.3) is 10.9 Å². The van der Waals surface area contributed by atoms with Crippen molar-refractivity contribution < 1.29 is 9.53 Å². The lowest BCUT2D eigenvalue weighted by molar-refractivity contribution is -0.0604. The summed E-state index contributed by atoms with van der Waals surface area (Å²) in [5, 5.41) is 9.33. The number of para-hydroxylation sites is 1. The molecular formula is C19H21N5O2. The Morgan fingerprint density at radius 1 is 1.35 bits per heavy atom. The maximum atomic E-state index is 13.3. The Bertz CT molecular complexity index is 1000. The molecule has 0 saturated carbocycles. The molecule has 0 spiro atoms. The number of nitrogens with zero attached hydrogens (tertiary/aromatic N) is 4. The number of aromatic amines is 1. The number of piperidine rings is 1. The van der Waals surface area contributed by atoms with Gasteiger partial charge in [0.15, 0.2) is 0 Å². The third-order valence-electron chi connectivity index (χ3n) is 5.79. The minimum absolute atomic E-state index is 0.0327. The number of hydrogen-bond acceptors (Lipinski definition) is 4. The fourth-order valence-electron chi connectivity index (χ4n) is 4.19. The predicted octanol–water partition coefficient (Wildman–Crippen LogP) is 2.36. The largest absolute Gasteiger partial charge is 0.370 e. The van der Waals surface area contributed by atoms with Gasteiger partial charge in [-0.3, -0.25) is 4.79 Å². The van der Waals surface area contributed by atoms with Crippen LogP contribution in [-0.2, 0) is 11.3 Å². The number of nitrogens with one attached hydrogen (secondary N) is 1. The monoisotopic (exact) mass is 351 g/mol. The normalized spacial score (nSPS) is 22.3. The van der Waals surface area contributed by atoms with Gasteiger partial charge in [-0.15, -0.1) is 5.10 Å². The van der Waals surface area contributed by atoms with Crippen molar-refractivity contribution in [1.29, 1.82) is 0 Å². The summed E-state index contributed by atoms with van der Waals surface area (Å²) < 4.78 is 7.87. The summed E-state index contributed by atoms with van der Waals surface area (Å²) in [5.41, 5.74) is 4.93.